The summed E-state index contributed by atoms with van der Waals surface area (Å²) in [6, 6.07) is 12.5. The average Bonchev–Trinajstić information content (AvgIpc) is 3.26. The first-order valence-electron chi connectivity index (χ1n) is 11.6. The topological polar surface area (TPSA) is 74.2 Å². The molecule has 6 heteroatoms. The number of hydrogen-bond acceptors (Lipinski definition) is 5. The standard InChI is InChI=1S/C26H31N3O3/c1-26(2,31)20-7-10-29(11-8-20)25(30)22-14-17(13-18-9-12-32-24(18)22)15-23-21-6-4-3-5-19(21)16-27-28-23/h3-6,13-14,20,27,31H,7-12,15-16H2,1-2H3. The molecule has 2 aromatic carbocycles. The zero-order valence-corrected chi connectivity index (χ0v) is 18.9. The lowest BCUT2D eigenvalue weighted by molar-refractivity contribution is -0.0108. The molecule has 1 saturated heterocycles. The Hall–Kier alpha value is -2.86. The normalized spacial score (nSPS) is 18.3. The summed E-state index contributed by atoms with van der Waals surface area (Å²) in [6.07, 6.45) is 3.12. The molecule has 2 aromatic rings. The molecule has 0 atom stereocenters. The number of fused-ring (bicyclic) bond motifs is 2. The maximum Gasteiger partial charge on any atom is 0.257 e. The lowest BCUT2D eigenvalue weighted by Gasteiger charge is -2.38. The first-order valence-corrected chi connectivity index (χ1v) is 11.6. The van der Waals surface area contributed by atoms with E-state index in [4.69, 9.17) is 4.74 Å². The van der Waals surface area contributed by atoms with Crippen molar-refractivity contribution < 1.29 is 14.6 Å². The Bertz CT molecular complexity index is 1060. The molecule has 1 fully saturated rings. The number of hydrazone groups is 1. The Labute approximate surface area is 189 Å². The van der Waals surface area contributed by atoms with Crippen LogP contribution in [0, 0.1) is 5.92 Å². The van der Waals surface area contributed by atoms with Crippen molar-refractivity contribution >= 4 is 11.6 Å². The Morgan fingerprint density at radius 2 is 2.00 bits per heavy atom. The number of likely N-dealkylation sites (tertiary alicyclic amines) is 1. The molecule has 2 N–H and O–H groups in total. The van der Waals surface area contributed by atoms with Crippen molar-refractivity contribution in [1.29, 1.82) is 0 Å². The predicted molar refractivity (Wildman–Crippen MR) is 124 cm³/mol. The van der Waals surface area contributed by atoms with Crippen LogP contribution >= 0.6 is 0 Å². The number of nitrogens with zero attached hydrogens (tertiary/aromatic N) is 2. The molecule has 3 aliphatic heterocycles. The van der Waals surface area contributed by atoms with Gasteiger partial charge in [0.05, 0.1) is 30.0 Å². The van der Waals surface area contributed by atoms with Gasteiger partial charge in [-0.25, -0.2) is 0 Å². The first kappa shape index (κ1) is 21.0. The van der Waals surface area contributed by atoms with Gasteiger partial charge in [-0.15, -0.1) is 0 Å². The minimum atomic E-state index is -0.704. The monoisotopic (exact) mass is 433 g/mol. The summed E-state index contributed by atoms with van der Waals surface area (Å²) in [4.78, 5) is 15.4. The first-order chi connectivity index (χ1) is 15.4. The molecular formula is C26H31N3O3. The van der Waals surface area contributed by atoms with E-state index < -0.39 is 5.60 Å². The predicted octanol–water partition coefficient (Wildman–Crippen LogP) is 3.29. The zero-order valence-electron chi connectivity index (χ0n) is 18.9. The summed E-state index contributed by atoms with van der Waals surface area (Å²) in [5, 5.41) is 14.9. The highest BCUT2D eigenvalue weighted by atomic mass is 16.5. The molecule has 3 heterocycles. The lowest BCUT2D eigenvalue weighted by atomic mass is 9.83. The smallest absolute Gasteiger partial charge is 0.257 e. The second-order valence-corrected chi connectivity index (χ2v) is 9.68. The molecule has 6 nitrogen and oxygen atoms in total. The van der Waals surface area contributed by atoms with Crippen LogP contribution < -0.4 is 10.2 Å². The van der Waals surface area contributed by atoms with Crippen molar-refractivity contribution in [2.24, 2.45) is 11.0 Å². The molecule has 0 spiro atoms. The van der Waals surface area contributed by atoms with Crippen LogP contribution in [0.25, 0.3) is 0 Å². The molecule has 0 saturated carbocycles. The summed E-state index contributed by atoms with van der Waals surface area (Å²) in [6.45, 7) is 6.40. The number of amides is 1. The highest BCUT2D eigenvalue weighted by Crippen LogP contribution is 2.34. The van der Waals surface area contributed by atoms with Crippen LogP contribution in [-0.4, -0.2) is 46.9 Å². The number of benzene rings is 2. The molecule has 168 valence electrons. The number of piperidine rings is 1. The van der Waals surface area contributed by atoms with E-state index >= 15 is 0 Å². The number of rotatable bonds is 4. The van der Waals surface area contributed by atoms with Crippen LogP contribution in [0.15, 0.2) is 41.5 Å². The second-order valence-electron chi connectivity index (χ2n) is 9.68. The van der Waals surface area contributed by atoms with Gasteiger partial charge in [-0.2, -0.15) is 5.10 Å². The van der Waals surface area contributed by atoms with E-state index in [1.54, 1.807) is 0 Å². The van der Waals surface area contributed by atoms with Gasteiger partial charge in [-0.1, -0.05) is 30.3 Å². The van der Waals surface area contributed by atoms with Gasteiger partial charge in [0, 0.05) is 31.5 Å². The summed E-state index contributed by atoms with van der Waals surface area (Å²) in [7, 11) is 0. The maximum absolute atomic E-state index is 13.5. The van der Waals surface area contributed by atoms with E-state index in [0.717, 1.165) is 48.4 Å². The highest BCUT2D eigenvalue weighted by molar-refractivity contribution is 6.04. The van der Waals surface area contributed by atoms with E-state index in [1.807, 2.05) is 36.9 Å². The molecular weight excluding hydrogens is 402 g/mol. The van der Waals surface area contributed by atoms with Crippen molar-refractivity contribution in [2.45, 2.75) is 51.7 Å². The van der Waals surface area contributed by atoms with Crippen LogP contribution in [0.2, 0.25) is 0 Å². The number of hydrogen-bond donors (Lipinski definition) is 2. The van der Waals surface area contributed by atoms with Gasteiger partial charge in [0.25, 0.3) is 5.91 Å². The van der Waals surface area contributed by atoms with Gasteiger partial charge in [0.15, 0.2) is 0 Å². The fourth-order valence-electron chi connectivity index (χ4n) is 5.16. The lowest BCUT2D eigenvalue weighted by Crippen LogP contribution is -2.44. The largest absolute Gasteiger partial charge is 0.492 e. The molecule has 0 radical (unpaired) electrons. The minimum absolute atomic E-state index is 0.0308. The Morgan fingerprint density at radius 1 is 1.22 bits per heavy atom. The molecule has 0 aliphatic carbocycles. The second kappa shape index (κ2) is 8.24. The summed E-state index contributed by atoms with van der Waals surface area (Å²) < 4.78 is 5.89. The van der Waals surface area contributed by atoms with Crippen LogP contribution in [0.1, 0.15) is 59.3 Å². The fraction of sp³-hybridized carbons (Fsp3) is 0.462. The summed E-state index contributed by atoms with van der Waals surface area (Å²) in [5.74, 6) is 0.993. The average molecular weight is 434 g/mol. The van der Waals surface area contributed by atoms with Gasteiger partial charge >= 0.3 is 0 Å². The highest BCUT2D eigenvalue weighted by Gasteiger charge is 2.34. The van der Waals surface area contributed by atoms with E-state index in [2.05, 4.69) is 28.7 Å². The Kier molecular flexibility index (Phi) is 5.41. The van der Waals surface area contributed by atoms with Crippen molar-refractivity contribution in [3.05, 3.63) is 64.2 Å². The van der Waals surface area contributed by atoms with Gasteiger partial charge < -0.3 is 20.2 Å². The molecule has 3 aliphatic rings. The molecule has 0 aromatic heterocycles. The third-order valence-corrected chi connectivity index (χ3v) is 7.04. The number of aliphatic hydroxyl groups is 1. The molecule has 0 bridgehead atoms. The van der Waals surface area contributed by atoms with Gasteiger partial charge in [0.2, 0.25) is 0 Å². The Balaban J connectivity index is 1.40. The molecule has 0 unspecified atom stereocenters. The molecule has 1 amide bonds. The van der Waals surface area contributed by atoms with Gasteiger partial charge in [0.1, 0.15) is 5.75 Å². The molecule has 5 rings (SSSR count). The van der Waals surface area contributed by atoms with Crippen LogP contribution in [0.5, 0.6) is 5.75 Å². The van der Waals surface area contributed by atoms with E-state index in [-0.39, 0.29) is 11.8 Å². The SMILES string of the molecule is CC(C)(O)C1CCN(C(=O)c2cc(CC3=NNCc4ccccc43)cc3c2OCC3)CC1. The zero-order chi connectivity index (χ0) is 22.3. The third-order valence-electron chi connectivity index (χ3n) is 7.04. The number of carbonyl (C=O) groups excluding carboxylic acids is 1. The number of carbonyl (C=O) groups is 1. The van der Waals surface area contributed by atoms with Crippen LogP contribution in [0.4, 0.5) is 0 Å². The van der Waals surface area contributed by atoms with E-state index in [9.17, 15) is 9.90 Å². The quantitative estimate of drug-likeness (QED) is 0.776. The van der Waals surface area contributed by atoms with Gasteiger partial charge in [-0.3, -0.25) is 4.79 Å². The number of ether oxygens (including phenoxy) is 1. The minimum Gasteiger partial charge on any atom is -0.492 e. The van der Waals surface area contributed by atoms with Crippen molar-refractivity contribution in [1.82, 2.24) is 10.3 Å². The van der Waals surface area contributed by atoms with Crippen molar-refractivity contribution in [2.75, 3.05) is 19.7 Å². The van der Waals surface area contributed by atoms with Gasteiger partial charge in [-0.05, 0) is 55.4 Å². The van der Waals surface area contributed by atoms with Crippen molar-refractivity contribution in [3.8, 4) is 5.75 Å². The summed E-state index contributed by atoms with van der Waals surface area (Å²) >= 11 is 0. The van der Waals surface area contributed by atoms with E-state index in [1.165, 1.54) is 11.1 Å². The maximum atomic E-state index is 13.5. The van der Waals surface area contributed by atoms with Crippen LogP contribution in [0.3, 0.4) is 0 Å². The van der Waals surface area contributed by atoms with Crippen LogP contribution in [-0.2, 0) is 19.4 Å². The number of nitrogens with one attached hydrogen (secondary N) is 1. The van der Waals surface area contributed by atoms with Crippen molar-refractivity contribution in [3.63, 3.8) is 0 Å². The summed E-state index contributed by atoms with van der Waals surface area (Å²) in [5.41, 5.74) is 8.69. The Morgan fingerprint density at radius 3 is 2.78 bits per heavy atom. The fourth-order valence-corrected chi connectivity index (χ4v) is 5.16. The molecule has 32 heavy (non-hydrogen) atoms. The van der Waals surface area contributed by atoms with E-state index in [0.29, 0.717) is 31.7 Å². The third kappa shape index (κ3) is 3.99.